The van der Waals surface area contributed by atoms with E-state index in [-0.39, 0.29) is 29.4 Å². The molecule has 6 heteroatoms. The van der Waals surface area contributed by atoms with Crippen molar-refractivity contribution in [2.45, 2.75) is 19.4 Å². The van der Waals surface area contributed by atoms with E-state index in [2.05, 4.69) is 0 Å². The fourth-order valence-electron chi connectivity index (χ4n) is 3.71. The van der Waals surface area contributed by atoms with Gasteiger partial charge in [0.2, 0.25) is 5.91 Å². The monoisotopic (exact) mass is 357 g/mol. The highest BCUT2D eigenvalue weighted by Gasteiger charge is 2.49. The van der Waals surface area contributed by atoms with Crippen LogP contribution in [0.25, 0.3) is 0 Å². The molecule has 2 aliphatic rings. The molecule has 2 saturated heterocycles. The van der Waals surface area contributed by atoms with Gasteiger partial charge in [0.25, 0.3) is 0 Å². The van der Waals surface area contributed by atoms with Crippen molar-refractivity contribution in [2.24, 2.45) is 5.92 Å². The van der Waals surface area contributed by atoms with Gasteiger partial charge >= 0.3 is 0 Å². The molecule has 0 spiro atoms. The van der Waals surface area contributed by atoms with Gasteiger partial charge in [0.05, 0.1) is 17.5 Å². The first-order valence-corrected chi connectivity index (χ1v) is 10.1. The lowest BCUT2D eigenvalue weighted by Crippen LogP contribution is -2.36. The second-order valence-corrected chi connectivity index (χ2v) is 8.94. The average molecular weight is 357 g/mol. The van der Waals surface area contributed by atoms with Crippen LogP contribution in [0.2, 0.25) is 0 Å². The van der Waals surface area contributed by atoms with E-state index in [4.69, 9.17) is 4.74 Å². The molecule has 2 aromatic rings. The van der Waals surface area contributed by atoms with Crippen LogP contribution in [-0.2, 0) is 14.6 Å². The zero-order valence-corrected chi connectivity index (χ0v) is 14.7. The molecule has 5 nitrogen and oxygen atoms in total. The molecule has 2 aliphatic heterocycles. The average Bonchev–Trinajstić information content (AvgIpc) is 2.98. The van der Waals surface area contributed by atoms with Crippen LogP contribution in [-0.4, -0.2) is 31.9 Å². The minimum atomic E-state index is -3.04. The smallest absolute Gasteiger partial charge is 0.227 e. The second kappa shape index (κ2) is 5.88. The number of anilines is 1. The molecule has 0 aromatic heterocycles. The lowest BCUT2D eigenvalue weighted by Gasteiger charge is -2.23. The number of hydrogen-bond acceptors (Lipinski definition) is 4. The summed E-state index contributed by atoms with van der Waals surface area (Å²) in [6, 6.07) is 14.8. The highest BCUT2D eigenvalue weighted by molar-refractivity contribution is 7.91. The van der Waals surface area contributed by atoms with Gasteiger partial charge in [-0.05, 0) is 48.9 Å². The van der Waals surface area contributed by atoms with Gasteiger partial charge in [0.1, 0.15) is 11.5 Å². The largest absolute Gasteiger partial charge is 0.457 e. The molecule has 2 aromatic carbocycles. The third-order valence-corrected chi connectivity index (χ3v) is 6.60. The van der Waals surface area contributed by atoms with Crippen molar-refractivity contribution in [1.29, 1.82) is 0 Å². The molecule has 0 radical (unpaired) electrons. The minimum absolute atomic E-state index is 0.00254. The zero-order valence-electron chi connectivity index (χ0n) is 13.9. The summed E-state index contributed by atoms with van der Waals surface area (Å²) in [5.74, 6) is 1.53. The van der Waals surface area contributed by atoms with E-state index in [9.17, 15) is 13.2 Å². The van der Waals surface area contributed by atoms with Gasteiger partial charge in [-0.3, -0.25) is 4.79 Å². The molecule has 0 bridgehead atoms. The van der Waals surface area contributed by atoms with Crippen molar-refractivity contribution in [3.8, 4) is 11.5 Å². The maximum Gasteiger partial charge on any atom is 0.227 e. The summed E-state index contributed by atoms with van der Waals surface area (Å²) in [6.07, 6.45) is 0.311. The van der Waals surface area contributed by atoms with Crippen molar-refractivity contribution in [3.63, 3.8) is 0 Å². The highest BCUT2D eigenvalue weighted by Crippen LogP contribution is 2.37. The summed E-state index contributed by atoms with van der Waals surface area (Å²) in [5, 5.41) is 0. The number of hydrogen-bond donors (Lipinski definition) is 0. The molecule has 25 heavy (non-hydrogen) atoms. The van der Waals surface area contributed by atoms with Gasteiger partial charge in [-0.15, -0.1) is 0 Å². The molecule has 2 atom stereocenters. The van der Waals surface area contributed by atoms with Crippen LogP contribution in [0.5, 0.6) is 11.5 Å². The van der Waals surface area contributed by atoms with Crippen LogP contribution >= 0.6 is 0 Å². The van der Waals surface area contributed by atoms with Gasteiger partial charge in [0, 0.05) is 18.0 Å². The van der Waals surface area contributed by atoms with Crippen LogP contribution in [0.3, 0.4) is 0 Å². The highest BCUT2D eigenvalue weighted by atomic mass is 32.2. The van der Waals surface area contributed by atoms with Crippen molar-refractivity contribution in [1.82, 2.24) is 0 Å². The van der Waals surface area contributed by atoms with E-state index in [1.807, 2.05) is 55.5 Å². The normalized spacial score (nSPS) is 24.4. The number of benzene rings is 2. The van der Waals surface area contributed by atoms with Crippen LogP contribution in [0.1, 0.15) is 12.0 Å². The number of fused-ring (bicyclic) bond motifs is 1. The predicted molar refractivity (Wildman–Crippen MR) is 95.7 cm³/mol. The first-order chi connectivity index (χ1) is 11.9. The van der Waals surface area contributed by atoms with Crippen molar-refractivity contribution < 1.29 is 17.9 Å². The van der Waals surface area contributed by atoms with Gasteiger partial charge in [-0.2, -0.15) is 0 Å². The molecular weight excluding hydrogens is 338 g/mol. The van der Waals surface area contributed by atoms with Gasteiger partial charge in [0.15, 0.2) is 9.84 Å². The van der Waals surface area contributed by atoms with E-state index in [0.717, 1.165) is 17.0 Å². The molecule has 130 valence electrons. The second-order valence-electron chi connectivity index (χ2n) is 6.78. The number of nitrogens with zero attached hydrogens (tertiary/aromatic N) is 1. The topological polar surface area (TPSA) is 63.7 Å². The molecule has 2 fully saturated rings. The number of carbonyl (C=O) groups excluding carboxylic acids is 1. The maximum absolute atomic E-state index is 12.3. The quantitative estimate of drug-likeness (QED) is 0.847. The zero-order chi connectivity index (χ0) is 17.6. The number of ether oxygens (including phenoxy) is 1. The Morgan fingerprint density at radius 3 is 2.52 bits per heavy atom. The molecule has 0 N–H and O–H groups in total. The summed E-state index contributed by atoms with van der Waals surface area (Å²) in [7, 11) is -3.04. The Kier molecular flexibility index (Phi) is 3.80. The summed E-state index contributed by atoms with van der Waals surface area (Å²) >= 11 is 0. The predicted octanol–water partition coefficient (Wildman–Crippen LogP) is 2.94. The van der Waals surface area contributed by atoms with Crippen LogP contribution in [0.15, 0.2) is 48.5 Å². The van der Waals surface area contributed by atoms with Crippen LogP contribution in [0, 0.1) is 12.8 Å². The fourth-order valence-corrected chi connectivity index (χ4v) is 5.78. The summed E-state index contributed by atoms with van der Waals surface area (Å²) in [6.45, 7) is 2.00. The van der Waals surface area contributed by atoms with Gasteiger partial charge < -0.3 is 9.64 Å². The maximum atomic E-state index is 12.3. The Balaban J connectivity index is 1.55. The summed E-state index contributed by atoms with van der Waals surface area (Å²) in [5.41, 5.74) is 1.84. The minimum Gasteiger partial charge on any atom is -0.457 e. The third-order valence-electron chi connectivity index (χ3n) is 4.81. The SMILES string of the molecule is Cc1cccc(Oc2ccc(N3C(=O)CC4CS(=O)(=O)CC43)cc2)c1. The molecule has 0 saturated carbocycles. The molecule has 2 heterocycles. The Labute approximate surface area is 147 Å². The summed E-state index contributed by atoms with van der Waals surface area (Å²) < 4.78 is 29.5. The van der Waals surface area contributed by atoms with E-state index < -0.39 is 9.84 Å². The standard InChI is InChI=1S/C19H19NO4S/c1-13-3-2-4-17(9-13)24-16-7-5-15(6-8-16)20-18-12-25(22,23)11-14(18)10-19(20)21/h2-9,14,18H,10-12H2,1H3. The van der Waals surface area contributed by atoms with Crippen molar-refractivity contribution in [3.05, 3.63) is 54.1 Å². The Morgan fingerprint density at radius 2 is 1.80 bits per heavy atom. The lowest BCUT2D eigenvalue weighted by atomic mass is 10.0. The van der Waals surface area contributed by atoms with E-state index in [1.165, 1.54) is 0 Å². The van der Waals surface area contributed by atoms with E-state index in [0.29, 0.717) is 12.2 Å². The molecule has 2 unspecified atom stereocenters. The molecular formula is C19H19NO4S. The fraction of sp³-hybridized carbons (Fsp3) is 0.316. The Bertz CT molecular complexity index is 921. The van der Waals surface area contributed by atoms with Crippen LogP contribution < -0.4 is 9.64 Å². The number of rotatable bonds is 3. The van der Waals surface area contributed by atoms with Gasteiger partial charge in [-0.25, -0.2) is 8.42 Å². The molecule has 1 amide bonds. The van der Waals surface area contributed by atoms with Gasteiger partial charge in [-0.1, -0.05) is 12.1 Å². The van der Waals surface area contributed by atoms with E-state index in [1.54, 1.807) is 4.90 Å². The van der Waals surface area contributed by atoms with Crippen LogP contribution in [0.4, 0.5) is 5.69 Å². The first-order valence-electron chi connectivity index (χ1n) is 8.28. The number of amides is 1. The Hall–Kier alpha value is -2.34. The number of aryl methyl sites for hydroxylation is 1. The first kappa shape index (κ1) is 16.1. The summed E-state index contributed by atoms with van der Waals surface area (Å²) in [4.78, 5) is 14.0. The lowest BCUT2D eigenvalue weighted by molar-refractivity contribution is -0.117. The molecule has 4 rings (SSSR count). The van der Waals surface area contributed by atoms with Crippen molar-refractivity contribution in [2.75, 3.05) is 16.4 Å². The number of sulfone groups is 1. The number of carbonyl (C=O) groups is 1. The molecule has 0 aliphatic carbocycles. The third kappa shape index (κ3) is 3.14. The van der Waals surface area contributed by atoms with Crippen molar-refractivity contribution >= 4 is 21.4 Å². The Morgan fingerprint density at radius 1 is 1.04 bits per heavy atom. The van der Waals surface area contributed by atoms with E-state index >= 15 is 0 Å².